The van der Waals surface area contributed by atoms with E-state index in [1.54, 1.807) is 6.92 Å². The maximum absolute atomic E-state index is 11.6. The molecule has 0 aromatic heterocycles. The van der Waals surface area contributed by atoms with Crippen LogP contribution in [-0.4, -0.2) is 24.8 Å². The number of rotatable bonds is 4. The topological polar surface area (TPSA) is 72.2 Å². The molecule has 0 radical (unpaired) electrons. The van der Waals surface area contributed by atoms with Crippen molar-refractivity contribution in [1.82, 2.24) is 5.32 Å². The van der Waals surface area contributed by atoms with Crippen molar-refractivity contribution in [2.45, 2.75) is 32.6 Å². The van der Waals surface area contributed by atoms with Gasteiger partial charge in [-0.25, -0.2) is 0 Å². The summed E-state index contributed by atoms with van der Waals surface area (Å²) in [4.78, 5) is 22.7. The van der Waals surface area contributed by atoms with Crippen LogP contribution in [0.25, 0.3) is 0 Å². The van der Waals surface area contributed by atoms with Gasteiger partial charge in [0.25, 0.3) is 0 Å². The summed E-state index contributed by atoms with van der Waals surface area (Å²) in [6.45, 7) is 2.67. The van der Waals surface area contributed by atoms with Crippen LogP contribution in [-0.2, 0) is 9.59 Å². The van der Waals surface area contributed by atoms with Crippen LogP contribution in [0.3, 0.4) is 0 Å². The third-order valence-electron chi connectivity index (χ3n) is 3.12. The highest BCUT2D eigenvalue weighted by molar-refractivity contribution is 5.80. The molecule has 1 saturated carbocycles. The molecule has 0 aromatic carbocycles. The number of carbonyl (C=O) groups is 2. The van der Waals surface area contributed by atoms with Gasteiger partial charge >= 0.3 is 0 Å². The number of ketones is 1. The van der Waals surface area contributed by atoms with Gasteiger partial charge in [0.15, 0.2) is 0 Å². The smallest absolute Gasteiger partial charge is 0.223 e. The highest BCUT2D eigenvalue weighted by Crippen LogP contribution is 2.29. The normalized spacial score (nSPS) is 26.0. The zero-order valence-corrected chi connectivity index (χ0v) is 9.29. The Balaban J connectivity index is 2.30. The Labute approximate surface area is 90.6 Å². The van der Waals surface area contributed by atoms with Gasteiger partial charge in [-0.05, 0) is 32.6 Å². The number of nitrogens with one attached hydrogen (secondary N) is 1. The van der Waals surface area contributed by atoms with E-state index in [1.165, 1.54) is 0 Å². The maximum Gasteiger partial charge on any atom is 0.223 e. The minimum atomic E-state index is 0.0900. The summed E-state index contributed by atoms with van der Waals surface area (Å²) < 4.78 is 0. The van der Waals surface area contributed by atoms with Crippen LogP contribution in [0.15, 0.2) is 0 Å². The predicted molar refractivity (Wildman–Crippen MR) is 58.2 cm³/mol. The van der Waals surface area contributed by atoms with E-state index in [9.17, 15) is 9.59 Å². The quantitative estimate of drug-likeness (QED) is 0.711. The Bertz CT molecular complexity index is 233. The van der Waals surface area contributed by atoms with Crippen LogP contribution in [0.1, 0.15) is 32.6 Å². The Morgan fingerprint density at radius 2 is 1.73 bits per heavy atom. The lowest BCUT2D eigenvalue weighted by atomic mass is 9.80. The second kappa shape index (κ2) is 5.85. The number of hydrogen-bond donors (Lipinski definition) is 2. The first-order valence-electron chi connectivity index (χ1n) is 5.63. The first-order valence-corrected chi connectivity index (χ1v) is 5.63. The van der Waals surface area contributed by atoms with E-state index in [0.29, 0.717) is 13.1 Å². The molecule has 1 rings (SSSR count). The van der Waals surface area contributed by atoms with Crippen molar-refractivity contribution in [3.8, 4) is 0 Å². The number of amides is 1. The summed E-state index contributed by atoms with van der Waals surface area (Å²) in [5.41, 5.74) is 5.31. The Morgan fingerprint density at radius 1 is 1.20 bits per heavy atom. The van der Waals surface area contributed by atoms with E-state index in [-0.39, 0.29) is 23.5 Å². The van der Waals surface area contributed by atoms with Gasteiger partial charge in [-0.1, -0.05) is 0 Å². The van der Waals surface area contributed by atoms with Gasteiger partial charge in [-0.15, -0.1) is 0 Å². The molecule has 3 N–H and O–H groups in total. The van der Waals surface area contributed by atoms with Crippen molar-refractivity contribution in [1.29, 1.82) is 0 Å². The SMILES string of the molecule is CC(=O)C1CCC(C(=O)NCCN)CC1. The predicted octanol–water partition coefficient (Wildman–Crippen LogP) is 0.457. The van der Waals surface area contributed by atoms with Crippen molar-refractivity contribution in [3.63, 3.8) is 0 Å². The molecule has 4 heteroatoms. The molecule has 0 spiro atoms. The summed E-state index contributed by atoms with van der Waals surface area (Å²) in [5, 5.41) is 2.80. The van der Waals surface area contributed by atoms with Gasteiger partial charge < -0.3 is 11.1 Å². The molecule has 0 unspecified atom stereocenters. The Hall–Kier alpha value is -0.900. The highest BCUT2D eigenvalue weighted by Gasteiger charge is 2.27. The minimum absolute atomic E-state index is 0.0900. The molecular weight excluding hydrogens is 192 g/mol. The molecule has 15 heavy (non-hydrogen) atoms. The zero-order valence-electron chi connectivity index (χ0n) is 9.29. The fourth-order valence-corrected chi connectivity index (χ4v) is 2.10. The molecule has 0 saturated heterocycles. The third-order valence-corrected chi connectivity index (χ3v) is 3.12. The molecule has 1 fully saturated rings. The molecular formula is C11H20N2O2. The van der Waals surface area contributed by atoms with Crippen molar-refractivity contribution >= 4 is 11.7 Å². The monoisotopic (exact) mass is 212 g/mol. The average molecular weight is 212 g/mol. The van der Waals surface area contributed by atoms with E-state index >= 15 is 0 Å². The lowest BCUT2D eigenvalue weighted by Gasteiger charge is -2.26. The second-order valence-electron chi connectivity index (χ2n) is 4.24. The summed E-state index contributed by atoms with van der Waals surface area (Å²) >= 11 is 0. The maximum atomic E-state index is 11.6. The fourth-order valence-electron chi connectivity index (χ4n) is 2.10. The van der Waals surface area contributed by atoms with E-state index in [2.05, 4.69) is 5.32 Å². The molecule has 1 amide bonds. The van der Waals surface area contributed by atoms with Crippen LogP contribution in [0.5, 0.6) is 0 Å². The fraction of sp³-hybridized carbons (Fsp3) is 0.818. The summed E-state index contributed by atoms with van der Waals surface area (Å²) in [7, 11) is 0. The van der Waals surface area contributed by atoms with Gasteiger partial charge in [-0.2, -0.15) is 0 Å². The van der Waals surface area contributed by atoms with Crippen LogP contribution in [0, 0.1) is 11.8 Å². The molecule has 0 heterocycles. The molecule has 0 bridgehead atoms. The molecule has 0 aromatic rings. The van der Waals surface area contributed by atoms with E-state index in [1.807, 2.05) is 0 Å². The minimum Gasteiger partial charge on any atom is -0.355 e. The van der Waals surface area contributed by atoms with Gasteiger partial charge in [-0.3, -0.25) is 9.59 Å². The number of carbonyl (C=O) groups excluding carboxylic acids is 2. The van der Waals surface area contributed by atoms with Gasteiger partial charge in [0.1, 0.15) is 5.78 Å². The van der Waals surface area contributed by atoms with Crippen molar-refractivity contribution in [2.75, 3.05) is 13.1 Å². The zero-order chi connectivity index (χ0) is 11.3. The van der Waals surface area contributed by atoms with E-state index in [4.69, 9.17) is 5.73 Å². The third kappa shape index (κ3) is 3.63. The van der Waals surface area contributed by atoms with Crippen LogP contribution in [0.4, 0.5) is 0 Å². The number of hydrogen-bond acceptors (Lipinski definition) is 3. The van der Waals surface area contributed by atoms with E-state index < -0.39 is 0 Å². The van der Waals surface area contributed by atoms with E-state index in [0.717, 1.165) is 25.7 Å². The summed E-state index contributed by atoms with van der Waals surface area (Å²) in [5.74, 6) is 0.633. The molecule has 0 aliphatic heterocycles. The van der Waals surface area contributed by atoms with Gasteiger partial charge in [0.2, 0.25) is 5.91 Å². The highest BCUT2D eigenvalue weighted by atomic mass is 16.2. The molecule has 4 nitrogen and oxygen atoms in total. The van der Waals surface area contributed by atoms with Crippen LogP contribution >= 0.6 is 0 Å². The molecule has 1 aliphatic rings. The molecule has 0 atom stereocenters. The molecule has 86 valence electrons. The molecule has 1 aliphatic carbocycles. The number of Topliss-reactive ketones (excluding diaryl/α,β-unsaturated/α-hetero) is 1. The van der Waals surface area contributed by atoms with Gasteiger partial charge in [0.05, 0.1) is 0 Å². The lowest BCUT2D eigenvalue weighted by Crippen LogP contribution is -2.36. The van der Waals surface area contributed by atoms with Crippen LogP contribution < -0.4 is 11.1 Å². The largest absolute Gasteiger partial charge is 0.355 e. The second-order valence-corrected chi connectivity index (χ2v) is 4.24. The van der Waals surface area contributed by atoms with Crippen molar-refractivity contribution in [2.24, 2.45) is 17.6 Å². The Morgan fingerprint density at radius 3 is 2.20 bits per heavy atom. The first-order chi connectivity index (χ1) is 7.15. The van der Waals surface area contributed by atoms with Crippen LogP contribution in [0.2, 0.25) is 0 Å². The lowest BCUT2D eigenvalue weighted by molar-refractivity contribution is -0.128. The summed E-state index contributed by atoms with van der Waals surface area (Å²) in [6.07, 6.45) is 3.38. The number of nitrogens with two attached hydrogens (primary N) is 1. The van der Waals surface area contributed by atoms with Crippen molar-refractivity contribution < 1.29 is 9.59 Å². The average Bonchev–Trinajstić information content (AvgIpc) is 2.26. The standard InChI is InChI=1S/C11H20N2O2/c1-8(14)9-2-4-10(5-3-9)11(15)13-7-6-12/h9-10H,2-7,12H2,1H3,(H,13,15). The first kappa shape index (κ1) is 12.2. The Kier molecular flexibility index (Phi) is 4.75. The summed E-state index contributed by atoms with van der Waals surface area (Å²) in [6, 6.07) is 0. The van der Waals surface area contributed by atoms with Crippen molar-refractivity contribution in [3.05, 3.63) is 0 Å². The van der Waals surface area contributed by atoms with Gasteiger partial charge in [0, 0.05) is 24.9 Å².